The minimum absolute atomic E-state index is 0.237. The molecule has 1 heterocycles. The van der Waals surface area contributed by atoms with Crippen LogP contribution in [0.15, 0.2) is 45.5 Å². The summed E-state index contributed by atoms with van der Waals surface area (Å²) in [4.78, 5) is 4.39. The highest BCUT2D eigenvalue weighted by Crippen LogP contribution is 2.30. The standard InChI is InChI=1S/C15H15Br2FN2/c1-2-7-19-14(15-12(17)4-3-8-20-15)11-9-10(16)5-6-13(11)18/h3-6,8-9,14,19H,2,7H2,1H3. The van der Waals surface area contributed by atoms with Crippen molar-refractivity contribution in [2.24, 2.45) is 0 Å². The molecule has 0 aliphatic carbocycles. The Bertz CT molecular complexity index is 590. The number of benzene rings is 1. The van der Waals surface area contributed by atoms with Crippen molar-refractivity contribution in [2.45, 2.75) is 19.4 Å². The zero-order valence-corrected chi connectivity index (χ0v) is 14.2. The second-order valence-corrected chi connectivity index (χ2v) is 6.19. The van der Waals surface area contributed by atoms with E-state index in [0.717, 1.165) is 27.6 Å². The number of hydrogen-bond acceptors (Lipinski definition) is 2. The molecule has 0 spiro atoms. The lowest BCUT2D eigenvalue weighted by Gasteiger charge is -2.20. The maximum Gasteiger partial charge on any atom is 0.128 e. The van der Waals surface area contributed by atoms with Crippen LogP contribution in [0.1, 0.15) is 30.6 Å². The molecule has 106 valence electrons. The van der Waals surface area contributed by atoms with Crippen LogP contribution in [0.3, 0.4) is 0 Å². The smallest absolute Gasteiger partial charge is 0.128 e. The molecule has 5 heteroatoms. The van der Waals surface area contributed by atoms with Crippen molar-refractivity contribution >= 4 is 31.9 Å². The van der Waals surface area contributed by atoms with Crippen LogP contribution in [0.4, 0.5) is 4.39 Å². The third-order valence-electron chi connectivity index (χ3n) is 2.93. The van der Waals surface area contributed by atoms with Crippen LogP contribution < -0.4 is 5.32 Å². The molecule has 0 amide bonds. The molecule has 0 fully saturated rings. The number of aromatic nitrogens is 1. The molecule has 1 aromatic carbocycles. The maximum absolute atomic E-state index is 14.2. The van der Waals surface area contributed by atoms with Crippen molar-refractivity contribution in [2.75, 3.05) is 6.54 Å². The topological polar surface area (TPSA) is 24.9 Å². The molecule has 20 heavy (non-hydrogen) atoms. The van der Waals surface area contributed by atoms with Gasteiger partial charge in [-0.3, -0.25) is 4.98 Å². The highest BCUT2D eigenvalue weighted by atomic mass is 79.9. The predicted molar refractivity (Wildman–Crippen MR) is 86.2 cm³/mol. The van der Waals surface area contributed by atoms with Crippen molar-refractivity contribution in [3.8, 4) is 0 Å². The molecule has 2 aromatic rings. The highest BCUT2D eigenvalue weighted by Gasteiger charge is 2.21. The van der Waals surface area contributed by atoms with E-state index < -0.39 is 0 Å². The molecule has 0 saturated carbocycles. The van der Waals surface area contributed by atoms with E-state index in [0.29, 0.717) is 5.56 Å². The van der Waals surface area contributed by atoms with E-state index in [1.165, 1.54) is 6.07 Å². The first-order chi connectivity index (χ1) is 9.63. The fraction of sp³-hybridized carbons (Fsp3) is 0.267. The van der Waals surface area contributed by atoms with Gasteiger partial charge >= 0.3 is 0 Å². The number of nitrogens with one attached hydrogen (secondary N) is 1. The summed E-state index contributed by atoms with van der Waals surface area (Å²) in [6, 6.07) is 8.45. The Morgan fingerprint density at radius 1 is 1.30 bits per heavy atom. The van der Waals surface area contributed by atoms with Gasteiger partial charge in [-0.2, -0.15) is 0 Å². The molecule has 0 saturated heterocycles. The van der Waals surface area contributed by atoms with Crippen LogP contribution in [0.25, 0.3) is 0 Å². The predicted octanol–water partition coefficient (Wildman–Crippen LogP) is 4.83. The Hall–Kier alpha value is -0.780. The molecule has 1 N–H and O–H groups in total. The maximum atomic E-state index is 14.2. The van der Waals surface area contributed by atoms with Gasteiger partial charge in [-0.15, -0.1) is 0 Å². The van der Waals surface area contributed by atoms with Gasteiger partial charge in [0.05, 0.1) is 11.7 Å². The van der Waals surface area contributed by atoms with Gasteiger partial charge in [0, 0.05) is 20.7 Å². The Morgan fingerprint density at radius 2 is 2.10 bits per heavy atom. The van der Waals surface area contributed by atoms with Crippen molar-refractivity contribution in [3.05, 3.63) is 62.5 Å². The van der Waals surface area contributed by atoms with E-state index in [1.54, 1.807) is 18.3 Å². The number of pyridine rings is 1. The summed E-state index contributed by atoms with van der Waals surface area (Å²) in [5.41, 5.74) is 1.38. The lowest BCUT2D eigenvalue weighted by molar-refractivity contribution is 0.537. The molecule has 1 unspecified atom stereocenters. The molecule has 1 aromatic heterocycles. The minimum Gasteiger partial charge on any atom is -0.305 e. The average molecular weight is 402 g/mol. The van der Waals surface area contributed by atoms with Gasteiger partial charge in [-0.05, 0) is 59.2 Å². The summed E-state index contributed by atoms with van der Waals surface area (Å²) in [6.45, 7) is 2.87. The van der Waals surface area contributed by atoms with Crippen LogP contribution in [0, 0.1) is 5.82 Å². The van der Waals surface area contributed by atoms with Crippen molar-refractivity contribution in [1.29, 1.82) is 0 Å². The third-order valence-corrected chi connectivity index (χ3v) is 4.09. The van der Waals surface area contributed by atoms with E-state index >= 15 is 0 Å². The average Bonchev–Trinajstić information content (AvgIpc) is 2.44. The van der Waals surface area contributed by atoms with Gasteiger partial charge in [-0.1, -0.05) is 22.9 Å². The van der Waals surface area contributed by atoms with Gasteiger partial charge in [0.1, 0.15) is 5.82 Å². The second-order valence-electron chi connectivity index (χ2n) is 4.42. The van der Waals surface area contributed by atoms with E-state index in [4.69, 9.17) is 0 Å². The molecular formula is C15H15Br2FN2. The van der Waals surface area contributed by atoms with Gasteiger partial charge in [0.25, 0.3) is 0 Å². The molecule has 0 bridgehead atoms. The normalized spacial score (nSPS) is 12.4. The number of hydrogen-bond donors (Lipinski definition) is 1. The highest BCUT2D eigenvalue weighted by molar-refractivity contribution is 9.10. The largest absolute Gasteiger partial charge is 0.305 e. The number of nitrogens with zero attached hydrogens (tertiary/aromatic N) is 1. The van der Waals surface area contributed by atoms with Crippen LogP contribution >= 0.6 is 31.9 Å². The van der Waals surface area contributed by atoms with E-state index in [9.17, 15) is 4.39 Å². The summed E-state index contributed by atoms with van der Waals surface area (Å²) < 4.78 is 15.9. The van der Waals surface area contributed by atoms with Crippen molar-refractivity contribution in [1.82, 2.24) is 10.3 Å². The number of rotatable bonds is 5. The Kier molecular flexibility index (Phi) is 5.69. The first kappa shape index (κ1) is 15.6. The molecule has 0 aliphatic rings. The Labute approximate surface area is 135 Å². The Balaban J connectivity index is 2.47. The molecule has 0 radical (unpaired) electrons. The second kappa shape index (κ2) is 7.29. The third kappa shape index (κ3) is 3.65. The van der Waals surface area contributed by atoms with Crippen molar-refractivity contribution in [3.63, 3.8) is 0 Å². The van der Waals surface area contributed by atoms with E-state index in [1.807, 2.05) is 12.1 Å². The van der Waals surface area contributed by atoms with Gasteiger partial charge in [-0.25, -0.2) is 4.39 Å². The summed E-state index contributed by atoms with van der Waals surface area (Å²) in [5, 5.41) is 3.36. The minimum atomic E-state index is -0.275. The molecular weight excluding hydrogens is 387 g/mol. The van der Waals surface area contributed by atoms with E-state index in [-0.39, 0.29) is 11.9 Å². The summed E-state index contributed by atoms with van der Waals surface area (Å²) in [5.74, 6) is -0.237. The van der Waals surface area contributed by atoms with Gasteiger partial charge < -0.3 is 5.32 Å². The Morgan fingerprint density at radius 3 is 2.80 bits per heavy atom. The fourth-order valence-corrected chi connectivity index (χ4v) is 2.85. The zero-order chi connectivity index (χ0) is 14.5. The zero-order valence-electron chi connectivity index (χ0n) is 11.0. The first-order valence-electron chi connectivity index (χ1n) is 6.42. The fourth-order valence-electron chi connectivity index (χ4n) is 1.99. The number of halogens is 3. The first-order valence-corrected chi connectivity index (χ1v) is 8.00. The van der Waals surface area contributed by atoms with Gasteiger partial charge in [0.15, 0.2) is 0 Å². The molecule has 1 atom stereocenters. The van der Waals surface area contributed by atoms with Crippen LogP contribution in [0.2, 0.25) is 0 Å². The molecule has 2 nitrogen and oxygen atoms in total. The van der Waals surface area contributed by atoms with Crippen molar-refractivity contribution < 1.29 is 4.39 Å². The van der Waals surface area contributed by atoms with Crippen LogP contribution in [0.5, 0.6) is 0 Å². The lowest BCUT2D eigenvalue weighted by atomic mass is 10.0. The summed E-state index contributed by atoms with van der Waals surface area (Å²) in [6.07, 6.45) is 2.69. The molecule has 0 aliphatic heterocycles. The lowest BCUT2D eigenvalue weighted by Crippen LogP contribution is -2.25. The van der Waals surface area contributed by atoms with Crippen LogP contribution in [-0.4, -0.2) is 11.5 Å². The summed E-state index contributed by atoms with van der Waals surface area (Å²) >= 11 is 6.89. The SMILES string of the molecule is CCCNC(c1cc(Br)ccc1F)c1ncccc1Br. The van der Waals surface area contributed by atoms with E-state index in [2.05, 4.69) is 49.1 Å². The van der Waals surface area contributed by atoms with Crippen LogP contribution in [-0.2, 0) is 0 Å². The monoisotopic (exact) mass is 400 g/mol. The summed E-state index contributed by atoms with van der Waals surface area (Å²) in [7, 11) is 0. The molecule has 2 rings (SSSR count). The quantitative estimate of drug-likeness (QED) is 0.775. The van der Waals surface area contributed by atoms with Gasteiger partial charge in [0.2, 0.25) is 0 Å².